The van der Waals surface area contributed by atoms with Gasteiger partial charge in [-0.15, -0.1) is 0 Å². The van der Waals surface area contributed by atoms with Crippen molar-refractivity contribution in [3.8, 4) is 0 Å². The maximum Gasteiger partial charge on any atom is 0.129 e. The fraction of sp³-hybridized carbons (Fsp3) is 0.308. The Morgan fingerprint density at radius 3 is 2.63 bits per heavy atom. The van der Waals surface area contributed by atoms with E-state index >= 15 is 0 Å². The topological polar surface area (TPSA) is 38.0 Å². The van der Waals surface area contributed by atoms with Crippen molar-refractivity contribution in [1.29, 1.82) is 0 Å². The fourth-order valence-electron chi connectivity index (χ4n) is 1.88. The van der Waals surface area contributed by atoms with Gasteiger partial charge in [-0.2, -0.15) is 5.10 Å². The Morgan fingerprint density at radius 1 is 1.37 bits per heavy atom. The molecular weight excluding hydrogens is 318 g/mol. The molecule has 2 rings (SSSR count). The van der Waals surface area contributed by atoms with Crippen molar-refractivity contribution < 1.29 is 13.9 Å². The summed E-state index contributed by atoms with van der Waals surface area (Å²) in [4.78, 5) is 0. The summed E-state index contributed by atoms with van der Waals surface area (Å²) in [6, 6.07) is 3.02. The van der Waals surface area contributed by atoms with Crippen LogP contribution in [-0.2, 0) is 6.54 Å². The predicted molar refractivity (Wildman–Crippen MR) is 70.7 cm³/mol. The second-order valence-electron chi connectivity index (χ2n) is 4.35. The van der Waals surface area contributed by atoms with E-state index in [1.807, 2.05) is 13.8 Å². The first-order valence-electron chi connectivity index (χ1n) is 5.72. The van der Waals surface area contributed by atoms with Crippen LogP contribution >= 0.6 is 15.9 Å². The first-order valence-corrected chi connectivity index (χ1v) is 6.52. The molecule has 0 unspecified atom stereocenters. The van der Waals surface area contributed by atoms with Gasteiger partial charge in [0.1, 0.15) is 17.7 Å². The Morgan fingerprint density at radius 2 is 2.05 bits per heavy atom. The molecule has 19 heavy (non-hydrogen) atoms. The van der Waals surface area contributed by atoms with E-state index in [1.54, 1.807) is 4.68 Å². The number of rotatable bonds is 3. The van der Waals surface area contributed by atoms with Gasteiger partial charge in [-0.3, -0.25) is 4.68 Å². The SMILES string of the molecule is Cc1nn(C[C@H](O)c2cc(F)ccc2F)c(C)c1Br. The molecule has 0 aliphatic rings. The minimum Gasteiger partial charge on any atom is -0.386 e. The van der Waals surface area contributed by atoms with Crippen LogP contribution in [-0.4, -0.2) is 14.9 Å². The third-order valence-corrected chi connectivity index (χ3v) is 4.10. The van der Waals surface area contributed by atoms with Gasteiger partial charge in [-0.1, -0.05) is 0 Å². The fourth-order valence-corrected chi connectivity index (χ4v) is 2.17. The van der Waals surface area contributed by atoms with Crippen molar-refractivity contribution >= 4 is 15.9 Å². The van der Waals surface area contributed by atoms with Gasteiger partial charge < -0.3 is 5.11 Å². The van der Waals surface area contributed by atoms with E-state index in [4.69, 9.17) is 0 Å². The molecule has 6 heteroatoms. The van der Waals surface area contributed by atoms with Gasteiger partial charge in [0.15, 0.2) is 0 Å². The predicted octanol–water partition coefficient (Wildman–Crippen LogP) is 3.27. The third-order valence-electron chi connectivity index (χ3n) is 2.96. The maximum atomic E-state index is 13.5. The van der Waals surface area contributed by atoms with Crippen molar-refractivity contribution in [1.82, 2.24) is 9.78 Å². The molecule has 1 N–H and O–H groups in total. The van der Waals surface area contributed by atoms with E-state index in [0.717, 1.165) is 34.1 Å². The first kappa shape index (κ1) is 14.1. The summed E-state index contributed by atoms with van der Waals surface area (Å²) in [5.74, 6) is -1.21. The minimum atomic E-state index is -1.15. The number of halogens is 3. The average Bonchev–Trinajstić information content (AvgIpc) is 2.60. The zero-order valence-electron chi connectivity index (χ0n) is 10.5. The lowest BCUT2D eigenvalue weighted by molar-refractivity contribution is 0.145. The summed E-state index contributed by atoms with van der Waals surface area (Å²) >= 11 is 3.37. The van der Waals surface area contributed by atoms with Gasteiger partial charge in [0.2, 0.25) is 0 Å². The van der Waals surface area contributed by atoms with Crippen LogP contribution in [0.3, 0.4) is 0 Å². The van der Waals surface area contributed by atoms with Crippen LogP contribution in [0, 0.1) is 25.5 Å². The molecule has 0 spiro atoms. The van der Waals surface area contributed by atoms with Gasteiger partial charge >= 0.3 is 0 Å². The summed E-state index contributed by atoms with van der Waals surface area (Å²) < 4.78 is 29.0. The zero-order chi connectivity index (χ0) is 14.2. The minimum absolute atomic E-state index is 0.0660. The number of hydrogen-bond donors (Lipinski definition) is 1. The summed E-state index contributed by atoms with van der Waals surface area (Å²) in [5, 5.41) is 14.2. The second kappa shape index (κ2) is 5.38. The molecular formula is C13H13BrF2N2O. The second-order valence-corrected chi connectivity index (χ2v) is 5.14. The van der Waals surface area contributed by atoms with E-state index in [2.05, 4.69) is 21.0 Å². The quantitative estimate of drug-likeness (QED) is 0.937. The van der Waals surface area contributed by atoms with Crippen molar-refractivity contribution in [2.24, 2.45) is 0 Å². The summed E-state index contributed by atoms with van der Waals surface area (Å²) in [6.07, 6.45) is -1.15. The number of aliphatic hydroxyl groups excluding tert-OH is 1. The van der Waals surface area contributed by atoms with E-state index in [9.17, 15) is 13.9 Å². The van der Waals surface area contributed by atoms with Crippen molar-refractivity contribution in [2.75, 3.05) is 0 Å². The molecule has 1 aromatic heterocycles. The smallest absolute Gasteiger partial charge is 0.129 e. The number of aromatic nitrogens is 2. The molecule has 2 aromatic rings. The molecule has 0 fully saturated rings. The Bertz CT molecular complexity index is 613. The summed E-state index contributed by atoms with van der Waals surface area (Å²) in [6.45, 7) is 3.72. The average molecular weight is 331 g/mol. The lowest BCUT2D eigenvalue weighted by Gasteiger charge is -2.13. The lowest BCUT2D eigenvalue weighted by atomic mass is 10.1. The Balaban J connectivity index is 2.27. The van der Waals surface area contributed by atoms with E-state index < -0.39 is 17.7 Å². The molecule has 0 aliphatic carbocycles. The summed E-state index contributed by atoms with van der Waals surface area (Å²) in [5.41, 5.74) is 1.54. The highest BCUT2D eigenvalue weighted by molar-refractivity contribution is 9.10. The van der Waals surface area contributed by atoms with Crippen LogP contribution in [0.1, 0.15) is 23.1 Å². The van der Waals surface area contributed by atoms with Gasteiger partial charge in [-0.25, -0.2) is 8.78 Å². The standard InChI is InChI=1S/C13H13BrF2N2O/c1-7-13(14)8(2)18(17-7)6-12(19)10-5-9(15)3-4-11(10)16/h3-5,12,19H,6H2,1-2H3/t12-/m0/s1. The van der Waals surface area contributed by atoms with Crippen LogP contribution in [0.2, 0.25) is 0 Å². The first-order chi connectivity index (χ1) is 8.90. The molecule has 0 saturated heterocycles. The molecule has 0 saturated carbocycles. The number of benzene rings is 1. The van der Waals surface area contributed by atoms with Gasteiger partial charge in [0, 0.05) is 11.3 Å². The third kappa shape index (κ3) is 2.84. The lowest BCUT2D eigenvalue weighted by Crippen LogP contribution is -2.13. The van der Waals surface area contributed by atoms with E-state index in [0.29, 0.717) is 0 Å². The molecule has 1 aromatic carbocycles. The molecule has 102 valence electrons. The Labute approximate surface area is 118 Å². The van der Waals surface area contributed by atoms with Crippen molar-refractivity contribution in [3.63, 3.8) is 0 Å². The van der Waals surface area contributed by atoms with Crippen LogP contribution in [0.4, 0.5) is 8.78 Å². The molecule has 3 nitrogen and oxygen atoms in total. The van der Waals surface area contributed by atoms with Crippen LogP contribution < -0.4 is 0 Å². The van der Waals surface area contributed by atoms with Gasteiger partial charge in [0.05, 0.1) is 16.7 Å². The van der Waals surface area contributed by atoms with Crippen molar-refractivity contribution in [3.05, 3.63) is 51.3 Å². The Hall–Kier alpha value is -1.27. The zero-order valence-corrected chi connectivity index (χ0v) is 12.1. The highest BCUT2D eigenvalue weighted by Crippen LogP contribution is 2.24. The highest BCUT2D eigenvalue weighted by atomic mass is 79.9. The molecule has 0 aliphatic heterocycles. The normalized spacial score (nSPS) is 12.7. The van der Waals surface area contributed by atoms with E-state index in [-0.39, 0.29) is 12.1 Å². The summed E-state index contributed by atoms with van der Waals surface area (Å²) in [7, 11) is 0. The maximum absolute atomic E-state index is 13.5. The van der Waals surface area contributed by atoms with Crippen LogP contribution in [0.15, 0.2) is 22.7 Å². The number of nitrogens with zero attached hydrogens (tertiary/aromatic N) is 2. The molecule has 0 amide bonds. The number of hydrogen-bond acceptors (Lipinski definition) is 2. The largest absolute Gasteiger partial charge is 0.386 e. The van der Waals surface area contributed by atoms with Gasteiger partial charge in [0.25, 0.3) is 0 Å². The Kier molecular flexibility index (Phi) is 4.01. The molecule has 1 heterocycles. The van der Waals surface area contributed by atoms with Crippen LogP contribution in [0.25, 0.3) is 0 Å². The van der Waals surface area contributed by atoms with Gasteiger partial charge in [-0.05, 0) is 48.0 Å². The van der Waals surface area contributed by atoms with Crippen LogP contribution in [0.5, 0.6) is 0 Å². The monoisotopic (exact) mass is 330 g/mol. The van der Waals surface area contributed by atoms with Crippen molar-refractivity contribution in [2.45, 2.75) is 26.5 Å². The molecule has 0 radical (unpaired) electrons. The molecule has 1 atom stereocenters. The number of aliphatic hydroxyl groups is 1. The molecule has 0 bridgehead atoms. The highest BCUT2D eigenvalue weighted by Gasteiger charge is 2.17. The number of aryl methyl sites for hydroxylation is 1. The van der Waals surface area contributed by atoms with E-state index in [1.165, 1.54) is 0 Å².